The average molecular weight is 900 g/mol. The van der Waals surface area contributed by atoms with Crippen LogP contribution in [0.4, 0.5) is 4.79 Å². The van der Waals surface area contributed by atoms with Crippen molar-refractivity contribution >= 4 is 65.2 Å². The summed E-state index contributed by atoms with van der Waals surface area (Å²) in [5.74, 6) is -4.02. The van der Waals surface area contributed by atoms with Crippen LogP contribution in [0.25, 0.3) is 0 Å². The van der Waals surface area contributed by atoms with Gasteiger partial charge >= 0.3 is 18.0 Å². The van der Waals surface area contributed by atoms with Gasteiger partial charge in [0.05, 0.1) is 50.8 Å². The third-order valence-electron chi connectivity index (χ3n) is 10.3. The van der Waals surface area contributed by atoms with Crippen LogP contribution in [0.2, 0.25) is 0 Å². The number of guanidine groups is 1. The number of unbranched alkanes of at least 4 members (excludes halogenated alkanes) is 4. The number of ketones is 1. The second-order valence-corrected chi connectivity index (χ2v) is 16.5. The highest BCUT2D eigenvalue weighted by Crippen LogP contribution is 2.51. The average Bonchev–Trinajstić information content (AvgIpc) is 3.76. The molecule has 0 radical (unpaired) electrons. The van der Waals surface area contributed by atoms with E-state index in [0.717, 1.165) is 20.0 Å². The molecule has 348 valence electrons. The first-order chi connectivity index (χ1) is 29.5. The predicted molar refractivity (Wildman–Crippen MR) is 222 cm³/mol. The van der Waals surface area contributed by atoms with Gasteiger partial charge in [0, 0.05) is 44.5 Å². The van der Waals surface area contributed by atoms with Crippen LogP contribution >= 0.6 is 11.8 Å². The predicted octanol–water partition coefficient (Wildman–Crippen LogP) is -2.78. The van der Waals surface area contributed by atoms with Gasteiger partial charge in [-0.1, -0.05) is 19.3 Å². The number of carbonyl (C=O) groups excluding carboxylic acids is 7. The molecule has 2 aliphatic heterocycles. The number of rotatable bonds is 26. The van der Waals surface area contributed by atoms with Crippen LogP contribution in [0.1, 0.15) is 71.1 Å². The lowest BCUT2D eigenvalue weighted by Gasteiger charge is -2.40. The third kappa shape index (κ3) is 17.3. The van der Waals surface area contributed by atoms with E-state index in [1.165, 1.54) is 13.0 Å². The number of Topliss-reactive ketones (excluding diaryl/α,β-unsaturated/α-hetero) is 1. The summed E-state index contributed by atoms with van der Waals surface area (Å²) in [5.41, 5.74) is 11.1. The summed E-state index contributed by atoms with van der Waals surface area (Å²) in [5, 5.41) is 45.3. The van der Waals surface area contributed by atoms with Crippen LogP contribution in [0, 0.1) is 11.8 Å². The number of nitrogens with one attached hydrogen (secondary N) is 6. The number of amides is 5. The molecule has 13 N–H and O–H groups in total. The van der Waals surface area contributed by atoms with Crippen LogP contribution in [0.5, 0.6) is 0 Å². The fraction of sp³-hybridized carbons (Fsp3) is 0.711. The summed E-state index contributed by atoms with van der Waals surface area (Å²) in [6, 6.07) is -2.28. The number of nitrogens with zero attached hydrogens (tertiary/aromatic N) is 1. The number of aliphatic carboxylic acids is 1. The maximum absolute atomic E-state index is 12.8. The van der Waals surface area contributed by atoms with Crippen molar-refractivity contribution in [3.63, 3.8) is 0 Å². The Kier molecular flexibility index (Phi) is 21.7. The van der Waals surface area contributed by atoms with Crippen molar-refractivity contribution < 1.29 is 67.9 Å². The van der Waals surface area contributed by atoms with E-state index in [1.807, 2.05) is 0 Å². The van der Waals surface area contributed by atoms with Crippen molar-refractivity contribution in [2.24, 2.45) is 28.3 Å². The highest BCUT2D eigenvalue weighted by molar-refractivity contribution is 8.00. The van der Waals surface area contributed by atoms with Gasteiger partial charge in [-0.25, -0.2) is 14.6 Å². The minimum atomic E-state index is -1.72. The van der Waals surface area contributed by atoms with Crippen molar-refractivity contribution in [1.29, 1.82) is 0 Å². The molecule has 2 heterocycles. The number of nitrogens with two attached hydrogens (primary N) is 2. The zero-order valence-corrected chi connectivity index (χ0v) is 35.7. The van der Waals surface area contributed by atoms with E-state index >= 15 is 0 Å². The maximum Gasteiger partial charge on any atom is 0.407 e. The summed E-state index contributed by atoms with van der Waals surface area (Å²) in [6.45, 7) is 0.105. The van der Waals surface area contributed by atoms with Crippen LogP contribution in [-0.2, 0) is 47.8 Å². The summed E-state index contributed by atoms with van der Waals surface area (Å²) in [7, 11) is 1.09. The second kappa shape index (κ2) is 26.3. The fourth-order valence-electron chi connectivity index (χ4n) is 7.43. The lowest BCUT2D eigenvalue weighted by Crippen LogP contribution is -2.61. The molecule has 0 aromatic rings. The van der Waals surface area contributed by atoms with E-state index < -0.39 is 84.6 Å². The minimum Gasteiger partial charge on any atom is -0.481 e. The molecule has 0 spiro atoms. The number of esters is 1. The van der Waals surface area contributed by atoms with Crippen molar-refractivity contribution in [2.45, 2.75) is 112 Å². The van der Waals surface area contributed by atoms with Crippen LogP contribution in [0.15, 0.2) is 16.8 Å². The van der Waals surface area contributed by atoms with Gasteiger partial charge in [-0.15, -0.1) is 11.8 Å². The van der Waals surface area contributed by atoms with Crippen molar-refractivity contribution in [1.82, 2.24) is 31.9 Å². The summed E-state index contributed by atoms with van der Waals surface area (Å²) in [4.78, 5) is 101. The Bertz CT molecular complexity index is 1650. The fourth-order valence-corrected chi connectivity index (χ4v) is 9.29. The number of aliphatic hydroxyl groups is 2. The number of carbonyl (C=O) groups is 8. The Balaban J connectivity index is 1.30. The van der Waals surface area contributed by atoms with E-state index in [-0.39, 0.29) is 66.6 Å². The monoisotopic (exact) mass is 899 g/mol. The van der Waals surface area contributed by atoms with E-state index in [4.69, 9.17) is 30.8 Å². The maximum atomic E-state index is 12.8. The third-order valence-corrected chi connectivity index (χ3v) is 12.1. The van der Waals surface area contributed by atoms with Gasteiger partial charge in [-0.05, 0) is 43.6 Å². The first-order valence-electron chi connectivity index (χ1n) is 20.5. The molecule has 2 fully saturated rings. The highest BCUT2D eigenvalue weighted by atomic mass is 32.2. The molecular formula is C38H61N9O14S. The van der Waals surface area contributed by atoms with Crippen molar-refractivity contribution in [3.05, 3.63) is 11.8 Å². The number of carboxylic acids is 1. The molecule has 1 aliphatic carbocycles. The summed E-state index contributed by atoms with van der Waals surface area (Å²) in [6.07, 6.45) is 0.980. The first kappa shape index (κ1) is 51.2. The standard InChI is InChI=1S/C38H61N9O14S/c1-20(49)46-32-24(47-37(39)40)15-26(36(57)59-2)60-34(32)33(25(51)19-48)61-38(58)42-12-8-4-3-7-11-41-28(52)16-43-29(53)17-44-30(54)18-45-35-23-14-21(50)13-22(23)27(62-35)9-5-6-10-31(55)56/h15,22-25,27,32-35,45,48,51H,3-14,16-19H2,1-2H3,(H,41,52)(H,42,58)(H,43,53)(H,44,54)(H,46,49)(H,55,56)(H4,39,40,47)/t22-,23+,24-,25+,27-,32+,33+,34+,35?/m0/s1. The molecule has 1 saturated heterocycles. The van der Waals surface area contributed by atoms with E-state index in [9.17, 15) is 48.6 Å². The normalized spacial score (nSPS) is 23.6. The van der Waals surface area contributed by atoms with Gasteiger partial charge in [0.25, 0.3) is 0 Å². The van der Waals surface area contributed by atoms with Crippen molar-refractivity contribution in [2.75, 3.05) is 46.4 Å². The summed E-state index contributed by atoms with van der Waals surface area (Å²) >= 11 is 1.69. The highest BCUT2D eigenvalue weighted by Gasteiger charge is 2.49. The molecule has 1 unspecified atom stereocenters. The van der Waals surface area contributed by atoms with Gasteiger partial charge < -0.3 is 67.6 Å². The number of hydrogen-bond acceptors (Lipinski definition) is 16. The first-order valence-corrected chi connectivity index (χ1v) is 21.5. The molecule has 3 rings (SSSR count). The lowest BCUT2D eigenvalue weighted by molar-refractivity contribution is -0.149. The molecular weight excluding hydrogens is 839 g/mol. The molecule has 5 amide bonds. The quantitative estimate of drug-likeness (QED) is 0.0181. The Morgan fingerprint density at radius 2 is 1.53 bits per heavy atom. The lowest BCUT2D eigenvalue weighted by atomic mass is 9.90. The molecule has 9 atom stereocenters. The Labute approximate surface area is 363 Å². The summed E-state index contributed by atoms with van der Waals surface area (Å²) < 4.78 is 15.8. The smallest absolute Gasteiger partial charge is 0.407 e. The number of aliphatic hydroxyl groups excluding tert-OH is 2. The van der Waals surface area contributed by atoms with Gasteiger partial charge in [0.1, 0.15) is 11.9 Å². The number of alkyl carbamates (subject to hydrolysis) is 1. The van der Waals surface area contributed by atoms with E-state index in [0.29, 0.717) is 51.5 Å². The van der Waals surface area contributed by atoms with Gasteiger partial charge in [-0.2, -0.15) is 0 Å². The topological polar surface area (TPSA) is 362 Å². The number of fused-ring (bicyclic) bond motifs is 1. The number of ether oxygens (including phenoxy) is 3. The largest absolute Gasteiger partial charge is 0.481 e. The molecule has 0 bridgehead atoms. The minimum absolute atomic E-state index is 0.0527. The number of methoxy groups -OCH3 is 1. The molecule has 3 aliphatic rings. The van der Waals surface area contributed by atoms with E-state index in [2.05, 4.69) is 36.9 Å². The number of thioether (sulfide) groups is 1. The number of carboxylic acid groups (broad SMARTS) is 1. The molecule has 1 saturated carbocycles. The molecule has 62 heavy (non-hydrogen) atoms. The zero-order chi connectivity index (χ0) is 45.8. The molecule has 0 aromatic carbocycles. The molecule has 23 nitrogen and oxygen atoms in total. The Hall–Kier alpha value is -5.20. The van der Waals surface area contributed by atoms with Gasteiger partial charge in [0.2, 0.25) is 29.4 Å². The Morgan fingerprint density at radius 3 is 2.15 bits per heavy atom. The van der Waals surface area contributed by atoms with Crippen LogP contribution < -0.4 is 43.4 Å². The second-order valence-electron chi connectivity index (χ2n) is 15.1. The zero-order valence-electron chi connectivity index (χ0n) is 34.9. The Morgan fingerprint density at radius 1 is 0.903 bits per heavy atom. The number of aliphatic imine (C=N–C) groups is 1. The van der Waals surface area contributed by atoms with Crippen LogP contribution in [-0.4, -0.2) is 156 Å². The number of hydrogen-bond donors (Lipinski definition) is 11. The SMILES string of the molecule is COC(=O)C1=C[C@H](N=C(N)N)[C@@H](NC(C)=O)[C@H]([C@H](OC(=O)NCCCCCCNC(=O)CNC(=O)CNC(=O)CNC2S[C@@H](CCCCC(=O)O)[C@H]3CC(=O)C[C@@H]23)[C@H](O)CO)O1. The molecule has 24 heteroatoms. The van der Waals surface area contributed by atoms with Crippen LogP contribution in [0.3, 0.4) is 0 Å². The van der Waals surface area contributed by atoms with Crippen molar-refractivity contribution in [3.8, 4) is 0 Å². The van der Waals surface area contributed by atoms with Gasteiger partial charge in [-0.3, -0.25) is 34.1 Å². The van der Waals surface area contributed by atoms with Gasteiger partial charge in [0.15, 0.2) is 18.2 Å². The van der Waals surface area contributed by atoms with E-state index in [1.54, 1.807) is 11.8 Å². The molecule has 0 aromatic heterocycles.